The van der Waals surface area contributed by atoms with Crippen molar-refractivity contribution >= 4 is 11.8 Å². The third kappa shape index (κ3) is 4.75. The number of aromatic amines is 1. The van der Waals surface area contributed by atoms with Crippen LogP contribution in [-0.4, -0.2) is 52.8 Å². The van der Waals surface area contributed by atoms with Crippen LogP contribution in [-0.2, 0) is 28.9 Å². The first kappa shape index (κ1) is 18.2. The average molecular weight is 353 g/mol. The molecule has 0 unspecified atom stereocenters. The summed E-state index contributed by atoms with van der Waals surface area (Å²) in [7, 11) is 0. The highest BCUT2D eigenvalue weighted by molar-refractivity contribution is 5.80. The van der Waals surface area contributed by atoms with Crippen LogP contribution in [0, 0.1) is 0 Å². The highest BCUT2D eigenvalue weighted by atomic mass is 16.2. The van der Waals surface area contributed by atoms with E-state index in [2.05, 4.69) is 36.2 Å². The molecule has 0 bridgehead atoms. The first-order chi connectivity index (χ1) is 12.7. The number of aryl methyl sites for hydroxylation is 2. The van der Waals surface area contributed by atoms with Crippen molar-refractivity contribution in [1.82, 2.24) is 14.8 Å². The van der Waals surface area contributed by atoms with Crippen LogP contribution in [0.2, 0.25) is 0 Å². The molecule has 138 valence electrons. The van der Waals surface area contributed by atoms with Gasteiger partial charge in [-0.05, 0) is 35.6 Å². The standard InChI is InChI=1S/C21H27N3O2/c1-2-17-3-5-18(6-4-17)7-8-20(25)23-11-13-24(14-12-23)21(26)15-19-9-10-22-16-19/h3-6,9-10,16,22H,2,7-8,11-15H2,1H3. The van der Waals surface area contributed by atoms with Crippen LogP contribution >= 0.6 is 0 Å². The second-order valence-corrected chi connectivity index (χ2v) is 6.83. The largest absolute Gasteiger partial charge is 0.367 e. The van der Waals surface area contributed by atoms with Gasteiger partial charge in [0.1, 0.15) is 0 Å². The van der Waals surface area contributed by atoms with Gasteiger partial charge < -0.3 is 14.8 Å². The summed E-state index contributed by atoms with van der Waals surface area (Å²) in [5.41, 5.74) is 3.53. The van der Waals surface area contributed by atoms with Gasteiger partial charge >= 0.3 is 0 Å². The van der Waals surface area contributed by atoms with Crippen molar-refractivity contribution in [2.75, 3.05) is 26.2 Å². The topological polar surface area (TPSA) is 56.4 Å². The highest BCUT2D eigenvalue weighted by Gasteiger charge is 2.23. The second-order valence-electron chi connectivity index (χ2n) is 6.83. The zero-order chi connectivity index (χ0) is 18.4. The Balaban J connectivity index is 1.42. The maximum Gasteiger partial charge on any atom is 0.227 e. The number of benzene rings is 1. The molecule has 0 aliphatic carbocycles. The number of aromatic nitrogens is 1. The Bertz CT molecular complexity index is 714. The van der Waals surface area contributed by atoms with Gasteiger partial charge in [-0.15, -0.1) is 0 Å². The van der Waals surface area contributed by atoms with Gasteiger partial charge in [-0.25, -0.2) is 0 Å². The molecule has 0 atom stereocenters. The van der Waals surface area contributed by atoms with Gasteiger partial charge in [0.25, 0.3) is 0 Å². The quantitative estimate of drug-likeness (QED) is 0.867. The Kier molecular flexibility index (Phi) is 6.10. The molecule has 0 spiro atoms. The predicted molar refractivity (Wildman–Crippen MR) is 102 cm³/mol. The normalized spacial score (nSPS) is 14.5. The summed E-state index contributed by atoms with van der Waals surface area (Å²) in [5.74, 6) is 0.315. The zero-order valence-electron chi connectivity index (χ0n) is 15.4. The first-order valence-electron chi connectivity index (χ1n) is 9.40. The molecule has 1 N–H and O–H groups in total. The Morgan fingerprint density at radius 2 is 1.50 bits per heavy atom. The molecule has 1 aliphatic heterocycles. The third-order valence-electron chi connectivity index (χ3n) is 5.06. The van der Waals surface area contributed by atoms with Crippen molar-refractivity contribution in [3.63, 3.8) is 0 Å². The fourth-order valence-corrected chi connectivity index (χ4v) is 3.31. The van der Waals surface area contributed by atoms with E-state index in [1.165, 1.54) is 11.1 Å². The number of carbonyl (C=O) groups excluding carboxylic acids is 2. The van der Waals surface area contributed by atoms with E-state index in [1.807, 2.05) is 28.3 Å². The minimum absolute atomic E-state index is 0.132. The van der Waals surface area contributed by atoms with E-state index in [4.69, 9.17) is 0 Å². The summed E-state index contributed by atoms with van der Waals surface area (Å²) in [6, 6.07) is 10.4. The van der Waals surface area contributed by atoms with Crippen LogP contribution in [0.25, 0.3) is 0 Å². The van der Waals surface area contributed by atoms with Gasteiger partial charge in [0.15, 0.2) is 0 Å². The van der Waals surface area contributed by atoms with E-state index >= 15 is 0 Å². The number of piperazine rings is 1. The molecule has 5 nitrogen and oxygen atoms in total. The van der Waals surface area contributed by atoms with Gasteiger partial charge in [0, 0.05) is 45.0 Å². The lowest BCUT2D eigenvalue weighted by Gasteiger charge is -2.35. The van der Waals surface area contributed by atoms with Gasteiger partial charge in [-0.3, -0.25) is 9.59 Å². The molecule has 1 aliphatic rings. The van der Waals surface area contributed by atoms with Crippen LogP contribution in [0.3, 0.4) is 0 Å². The molecule has 1 fully saturated rings. The zero-order valence-corrected chi connectivity index (χ0v) is 15.4. The maximum absolute atomic E-state index is 12.4. The van der Waals surface area contributed by atoms with Gasteiger partial charge in [-0.1, -0.05) is 31.2 Å². The summed E-state index contributed by atoms with van der Waals surface area (Å²) >= 11 is 0. The fraction of sp³-hybridized carbons (Fsp3) is 0.429. The van der Waals surface area contributed by atoms with Crippen molar-refractivity contribution in [1.29, 1.82) is 0 Å². The number of rotatable bonds is 6. The van der Waals surface area contributed by atoms with E-state index in [0.717, 1.165) is 18.4 Å². The molecule has 1 aromatic heterocycles. The minimum atomic E-state index is 0.132. The van der Waals surface area contributed by atoms with Crippen molar-refractivity contribution in [3.05, 3.63) is 59.4 Å². The van der Waals surface area contributed by atoms with E-state index in [-0.39, 0.29) is 11.8 Å². The molecular weight excluding hydrogens is 326 g/mol. The summed E-state index contributed by atoms with van der Waals surface area (Å²) < 4.78 is 0. The Morgan fingerprint density at radius 1 is 0.885 bits per heavy atom. The highest BCUT2D eigenvalue weighted by Crippen LogP contribution is 2.11. The molecule has 1 aromatic carbocycles. The maximum atomic E-state index is 12.4. The fourth-order valence-electron chi connectivity index (χ4n) is 3.31. The lowest BCUT2D eigenvalue weighted by atomic mass is 10.1. The molecule has 0 radical (unpaired) electrons. The number of hydrogen-bond donors (Lipinski definition) is 1. The van der Waals surface area contributed by atoms with Crippen LogP contribution in [0.4, 0.5) is 0 Å². The van der Waals surface area contributed by atoms with Crippen molar-refractivity contribution in [2.45, 2.75) is 32.6 Å². The molecule has 2 amide bonds. The van der Waals surface area contributed by atoms with Gasteiger partial charge in [-0.2, -0.15) is 0 Å². The summed E-state index contributed by atoms with van der Waals surface area (Å²) in [6.07, 6.45) is 6.44. The summed E-state index contributed by atoms with van der Waals surface area (Å²) in [5, 5.41) is 0. The predicted octanol–water partition coefficient (Wildman–Crippen LogP) is 2.42. The SMILES string of the molecule is CCc1ccc(CCC(=O)N2CCN(C(=O)Cc3cc[nH]c3)CC2)cc1. The molecule has 2 heterocycles. The van der Waals surface area contributed by atoms with E-state index < -0.39 is 0 Å². The van der Waals surface area contributed by atoms with Crippen LogP contribution in [0.5, 0.6) is 0 Å². The third-order valence-corrected chi connectivity index (χ3v) is 5.06. The number of nitrogens with one attached hydrogen (secondary N) is 1. The van der Waals surface area contributed by atoms with Crippen LogP contribution < -0.4 is 0 Å². The van der Waals surface area contributed by atoms with Crippen molar-refractivity contribution in [3.8, 4) is 0 Å². The monoisotopic (exact) mass is 353 g/mol. The van der Waals surface area contributed by atoms with Crippen molar-refractivity contribution in [2.24, 2.45) is 0 Å². The molecule has 1 saturated heterocycles. The Morgan fingerprint density at radius 3 is 2.08 bits per heavy atom. The number of nitrogens with zero attached hydrogens (tertiary/aromatic N) is 2. The van der Waals surface area contributed by atoms with Crippen molar-refractivity contribution < 1.29 is 9.59 Å². The summed E-state index contributed by atoms with van der Waals surface area (Å²) in [4.78, 5) is 31.5. The van der Waals surface area contributed by atoms with Crippen LogP contribution in [0.1, 0.15) is 30.0 Å². The van der Waals surface area contributed by atoms with Gasteiger partial charge in [0.2, 0.25) is 11.8 Å². The van der Waals surface area contributed by atoms with E-state index in [9.17, 15) is 9.59 Å². The molecule has 26 heavy (non-hydrogen) atoms. The first-order valence-corrected chi connectivity index (χ1v) is 9.40. The van der Waals surface area contributed by atoms with Crippen LogP contribution in [0.15, 0.2) is 42.7 Å². The Labute approximate surface area is 155 Å². The van der Waals surface area contributed by atoms with Gasteiger partial charge in [0.05, 0.1) is 6.42 Å². The number of H-pyrrole nitrogens is 1. The van der Waals surface area contributed by atoms with E-state index in [1.54, 1.807) is 0 Å². The molecule has 5 heteroatoms. The lowest BCUT2D eigenvalue weighted by Crippen LogP contribution is -2.51. The second kappa shape index (κ2) is 8.70. The lowest BCUT2D eigenvalue weighted by molar-refractivity contribution is -0.139. The summed E-state index contributed by atoms with van der Waals surface area (Å²) in [6.45, 7) is 4.65. The molecule has 0 saturated carbocycles. The average Bonchev–Trinajstić information content (AvgIpc) is 3.19. The Hall–Kier alpha value is -2.56. The number of hydrogen-bond acceptors (Lipinski definition) is 2. The van der Waals surface area contributed by atoms with E-state index in [0.29, 0.717) is 39.0 Å². The smallest absolute Gasteiger partial charge is 0.227 e. The number of carbonyl (C=O) groups is 2. The molecular formula is C21H27N3O2. The minimum Gasteiger partial charge on any atom is -0.367 e. The number of amides is 2. The molecule has 2 aromatic rings. The molecule has 3 rings (SSSR count).